The molecule has 1 heterocycles. The summed E-state index contributed by atoms with van der Waals surface area (Å²) in [6, 6.07) is 7.70. The molecule has 0 aromatic heterocycles. The van der Waals surface area contributed by atoms with Crippen LogP contribution in [0.5, 0.6) is 5.75 Å². The van der Waals surface area contributed by atoms with Gasteiger partial charge in [-0.3, -0.25) is 0 Å². The summed E-state index contributed by atoms with van der Waals surface area (Å²) in [4.78, 5) is -1.09. The molecule has 0 amide bonds. The quantitative estimate of drug-likeness (QED) is 0.809. The van der Waals surface area contributed by atoms with E-state index in [1.54, 1.807) is 0 Å². The Labute approximate surface area is 155 Å². The molecule has 0 saturated carbocycles. The van der Waals surface area contributed by atoms with Crippen LogP contribution in [-0.4, -0.2) is 56.7 Å². The van der Waals surface area contributed by atoms with Crippen LogP contribution in [-0.2, 0) is 20.0 Å². The van der Waals surface area contributed by atoms with E-state index in [4.69, 9.17) is 0 Å². The van der Waals surface area contributed by atoms with Crippen LogP contribution in [0.2, 0.25) is 0 Å². The summed E-state index contributed by atoms with van der Waals surface area (Å²) in [6.07, 6.45) is 0. The summed E-state index contributed by atoms with van der Waals surface area (Å²) in [7, 11) is -8.31. The van der Waals surface area contributed by atoms with E-state index in [2.05, 4.69) is 0 Å². The molecule has 2 aromatic carbocycles. The molecule has 1 N–H and O–H groups in total. The van der Waals surface area contributed by atoms with Crippen LogP contribution in [0, 0.1) is 11.6 Å². The summed E-state index contributed by atoms with van der Waals surface area (Å²) in [5.41, 5.74) is 0. The van der Waals surface area contributed by atoms with Crippen molar-refractivity contribution in [2.75, 3.05) is 26.2 Å². The molecule has 0 bridgehead atoms. The van der Waals surface area contributed by atoms with Crippen LogP contribution < -0.4 is 0 Å². The van der Waals surface area contributed by atoms with Gasteiger partial charge in [0.25, 0.3) is 0 Å². The van der Waals surface area contributed by atoms with Gasteiger partial charge in [0.05, 0.1) is 4.90 Å². The average Bonchev–Trinajstić information content (AvgIpc) is 2.62. The SMILES string of the molecule is O=S(=O)(c1ccc(O)cc1)N1CCN(S(=O)(=O)c2c(F)cccc2F)CC1. The average molecular weight is 418 g/mol. The van der Waals surface area contributed by atoms with E-state index in [9.17, 15) is 30.7 Å². The molecule has 0 aliphatic carbocycles. The Kier molecular flexibility index (Phi) is 5.21. The van der Waals surface area contributed by atoms with Crippen molar-refractivity contribution in [3.8, 4) is 5.75 Å². The monoisotopic (exact) mass is 418 g/mol. The van der Waals surface area contributed by atoms with Gasteiger partial charge in [-0.15, -0.1) is 0 Å². The first-order chi connectivity index (χ1) is 12.6. The zero-order chi connectivity index (χ0) is 19.8. The van der Waals surface area contributed by atoms with E-state index < -0.39 is 36.6 Å². The summed E-state index contributed by atoms with van der Waals surface area (Å²) < 4.78 is 79.9. The zero-order valence-electron chi connectivity index (χ0n) is 13.9. The molecule has 0 atom stereocenters. The first-order valence-corrected chi connectivity index (χ1v) is 10.8. The lowest BCUT2D eigenvalue weighted by atomic mass is 10.3. The molecular formula is C16H16F2N2O5S2. The second-order valence-electron chi connectivity index (χ2n) is 5.85. The Balaban J connectivity index is 1.80. The van der Waals surface area contributed by atoms with Crippen LogP contribution in [0.4, 0.5) is 8.78 Å². The molecule has 1 aliphatic rings. The second-order valence-corrected chi connectivity index (χ2v) is 9.67. The molecule has 0 spiro atoms. The molecule has 2 aromatic rings. The molecule has 3 rings (SSSR count). The van der Waals surface area contributed by atoms with Gasteiger partial charge in [-0.2, -0.15) is 8.61 Å². The second kappa shape index (κ2) is 7.15. The summed E-state index contributed by atoms with van der Waals surface area (Å²) >= 11 is 0. The predicted molar refractivity (Wildman–Crippen MR) is 92.0 cm³/mol. The number of sulfonamides is 2. The van der Waals surface area contributed by atoms with Gasteiger partial charge < -0.3 is 5.11 Å². The summed E-state index contributed by atoms with van der Waals surface area (Å²) in [5, 5.41) is 9.27. The Hall–Kier alpha value is -2.08. The maximum atomic E-state index is 13.8. The minimum atomic E-state index is -4.43. The number of aromatic hydroxyl groups is 1. The highest BCUT2D eigenvalue weighted by molar-refractivity contribution is 7.89. The number of hydrogen-bond acceptors (Lipinski definition) is 5. The third-order valence-corrected chi connectivity index (χ3v) is 8.05. The molecule has 7 nitrogen and oxygen atoms in total. The van der Waals surface area contributed by atoms with Gasteiger partial charge in [0.1, 0.15) is 17.4 Å². The predicted octanol–water partition coefficient (Wildman–Crippen LogP) is 1.37. The lowest BCUT2D eigenvalue weighted by molar-refractivity contribution is 0.271. The van der Waals surface area contributed by atoms with Crippen molar-refractivity contribution in [1.82, 2.24) is 8.61 Å². The number of benzene rings is 2. The van der Waals surface area contributed by atoms with E-state index in [1.165, 1.54) is 24.3 Å². The van der Waals surface area contributed by atoms with Gasteiger partial charge in [0, 0.05) is 26.2 Å². The number of phenolic OH excluding ortho intramolecular Hbond substituents is 1. The summed E-state index contributed by atoms with van der Waals surface area (Å²) in [5.74, 6) is -2.49. The van der Waals surface area contributed by atoms with Crippen molar-refractivity contribution in [3.05, 3.63) is 54.1 Å². The van der Waals surface area contributed by atoms with Gasteiger partial charge in [-0.05, 0) is 36.4 Å². The Morgan fingerprint density at radius 1 is 0.741 bits per heavy atom. The van der Waals surface area contributed by atoms with Crippen LogP contribution in [0.3, 0.4) is 0 Å². The number of rotatable bonds is 4. The van der Waals surface area contributed by atoms with Gasteiger partial charge in [-0.25, -0.2) is 25.6 Å². The molecule has 1 saturated heterocycles. The molecular weight excluding hydrogens is 402 g/mol. The van der Waals surface area contributed by atoms with Crippen molar-refractivity contribution in [1.29, 1.82) is 0 Å². The fraction of sp³-hybridized carbons (Fsp3) is 0.250. The lowest BCUT2D eigenvalue weighted by Crippen LogP contribution is -2.50. The van der Waals surface area contributed by atoms with E-state index in [1.807, 2.05) is 0 Å². The highest BCUT2D eigenvalue weighted by Crippen LogP contribution is 2.25. The third-order valence-electron chi connectivity index (χ3n) is 4.19. The first-order valence-electron chi connectivity index (χ1n) is 7.87. The maximum absolute atomic E-state index is 13.8. The van der Waals surface area contributed by atoms with E-state index in [0.29, 0.717) is 0 Å². The van der Waals surface area contributed by atoms with E-state index in [0.717, 1.165) is 26.8 Å². The molecule has 1 fully saturated rings. The Bertz CT molecular complexity index is 1030. The van der Waals surface area contributed by atoms with Crippen molar-refractivity contribution >= 4 is 20.0 Å². The van der Waals surface area contributed by atoms with E-state index in [-0.39, 0.29) is 36.8 Å². The van der Waals surface area contributed by atoms with Crippen molar-refractivity contribution in [2.45, 2.75) is 9.79 Å². The molecule has 0 radical (unpaired) electrons. The number of hydrogen-bond donors (Lipinski definition) is 1. The minimum Gasteiger partial charge on any atom is -0.508 e. The van der Waals surface area contributed by atoms with E-state index >= 15 is 0 Å². The van der Waals surface area contributed by atoms with Crippen molar-refractivity contribution in [2.24, 2.45) is 0 Å². The number of phenols is 1. The minimum absolute atomic E-state index is 0.0447. The lowest BCUT2D eigenvalue weighted by Gasteiger charge is -2.33. The molecule has 146 valence electrons. The van der Waals surface area contributed by atoms with Gasteiger partial charge >= 0.3 is 0 Å². The standard InChI is InChI=1S/C16H16F2N2O5S2/c17-14-2-1-3-15(18)16(14)27(24,25)20-10-8-19(9-11-20)26(22,23)13-6-4-12(21)5-7-13/h1-7,21H,8-11H2. The Morgan fingerprint density at radius 2 is 1.19 bits per heavy atom. The molecule has 27 heavy (non-hydrogen) atoms. The fourth-order valence-electron chi connectivity index (χ4n) is 2.78. The number of halogens is 2. The topological polar surface area (TPSA) is 95.0 Å². The van der Waals surface area contributed by atoms with Gasteiger partial charge in [-0.1, -0.05) is 6.07 Å². The van der Waals surface area contributed by atoms with Crippen LogP contribution >= 0.6 is 0 Å². The summed E-state index contributed by atoms with van der Waals surface area (Å²) in [6.45, 7) is -0.822. The highest BCUT2D eigenvalue weighted by Gasteiger charge is 2.36. The normalized spacial score (nSPS) is 17.1. The maximum Gasteiger partial charge on any atom is 0.249 e. The zero-order valence-corrected chi connectivity index (χ0v) is 15.5. The van der Waals surface area contributed by atoms with Gasteiger partial charge in [0.2, 0.25) is 20.0 Å². The number of piperazine rings is 1. The van der Waals surface area contributed by atoms with Gasteiger partial charge in [0.15, 0.2) is 4.90 Å². The highest BCUT2D eigenvalue weighted by atomic mass is 32.2. The molecule has 0 unspecified atom stereocenters. The van der Waals surface area contributed by atoms with Crippen LogP contribution in [0.25, 0.3) is 0 Å². The van der Waals surface area contributed by atoms with Crippen LogP contribution in [0.1, 0.15) is 0 Å². The number of nitrogens with zero attached hydrogens (tertiary/aromatic N) is 2. The molecule has 11 heteroatoms. The third kappa shape index (κ3) is 3.68. The smallest absolute Gasteiger partial charge is 0.249 e. The van der Waals surface area contributed by atoms with Crippen molar-refractivity contribution < 1.29 is 30.7 Å². The fourth-order valence-corrected chi connectivity index (χ4v) is 5.73. The largest absolute Gasteiger partial charge is 0.508 e. The van der Waals surface area contributed by atoms with Crippen LogP contribution in [0.15, 0.2) is 52.3 Å². The first kappa shape index (κ1) is 19.7. The van der Waals surface area contributed by atoms with Crippen molar-refractivity contribution in [3.63, 3.8) is 0 Å². The molecule has 1 aliphatic heterocycles. The Morgan fingerprint density at radius 3 is 1.67 bits per heavy atom.